The van der Waals surface area contributed by atoms with Gasteiger partial charge < -0.3 is 8.98 Å². The van der Waals surface area contributed by atoms with Crippen LogP contribution in [0.4, 0.5) is 0 Å². The van der Waals surface area contributed by atoms with Crippen LogP contribution in [0.25, 0.3) is 11.3 Å². The smallest absolute Gasteiger partial charge is 0.135 e. The number of rotatable bonds is 3. The zero-order valence-electron chi connectivity index (χ0n) is 11.3. The minimum Gasteiger partial charge on any atom is -0.464 e. The van der Waals surface area contributed by atoms with Crippen molar-refractivity contribution in [3.8, 4) is 11.3 Å². The van der Waals surface area contributed by atoms with E-state index in [1.807, 2.05) is 18.2 Å². The van der Waals surface area contributed by atoms with Crippen molar-refractivity contribution >= 4 is 0 Å². The molecule has 3 aromatic rings. The average molecular weight is 251 g/mol. The van der Waals surface area contributed by atoms with Gasteiger partial charge in [0.25, 0.3) is 0 Å². The number of hydrogen-bond donors (Lipinski definition) is 0. The van der Waals surface area contributed by atoms with Crippen LogP contribution in [0.1, 0.15) is 17.0 Å². The van der Waals surface area contributed by atoms with Crippen LogP contribution in [0, 0.1) is 13.8 Å². The van der Waals surface area contributed by atoms with E-state index in [1.54, 1.807) is 6.26 Å². The first-order valence-corrected chi connectivity index (χ1v) is 6.50. The van der Waals surface area contributed by atoms with Crippen molar-refractivity contribution in [3.63, 3.8) is 0 Å². The monoisotopic (exact) mass is 251 g/mol. The summed E-state index contributed by atoms with van der Waals surface area (Å²) in [5.74, 6) is 0.937. The van der Waals surface area contributed by atoms with E-state index in [0.717, 1.165) is 12.3 Å². The van der Waals surface area contributed by atoms with Gasteiger partial charge in [0, 0.05) is 23.5 Å². The zero-order chi connectivity index (χ0) is 13.2. The van der Waals surface area contributed by atoms with E-state index in [-0.39, 0.29) is 0 Å². The summed E-state index contributed by atoms with van der Waals surface area (Å²) in [6.45, 7) is 5.19. The second-order valence-corrected chi connectivity index (χ2v) is 4.83. The van der Waals surface area contributed by atoms with Crippen molar-refractivity contribution in [1.29, 1.82) is 0 Å². The first-order valence-electron chi connectivity index (χ1n) is 6.50. The highest BCUT2D eigenvalue weighted by atomic mass is 16.3. The molecule has 0 saturated heterocycles. The maximum absolute atomic E-state index is 5.51. The highest BCUT2D eigenvalue weighted by Crippen LogP contribution is 2.27. The van der Waals surface area contributed by atoms with E-state index in [9.17, 15) is 0 Å². The van der Waals surface area contributed by atoms with Gasteiger partial charge in [-0.2, -0.15) is 0 Å². The second kappa shape index (κ2) is 4.81. The van der Waals surface area contributed by atoms with Gasteiger partial charge in [0.2, 0.25) is 0 Å². The molecule has 0 bridgehead atoms. The van der Waals surface area contributed by atoms with Crippen molar-refractivity contribution in [2.45, 2.75) is 20.4 Å². The third kappa shape index (κ3) is 2.22. The van der Waals surface area contributed by atoms with E-state index < -0.39 is 0 Å². The van der Waals surface area contributed by atoms with Gasteiger partial charge in [-0.3, -0.25) is 0 Å². The SMILES string of the molecule is Cc1cc(-c2ccco2)c(C)n1Cc1ccccc1. The third-order valence-electron chi connectivity index (χ3n) is 3.54. The topological polar surface area (TPSA) is 18.1 Å². The first kappa shape index (κ1) is 11.8. The number of aryl methyl sites for hydroxylation is 1. The van der Waals surface area contributed by atoms with E-state index in [1.165, 1.54) is 22.5 Å². The Balaban J connectivity index is 1.99. The molecule has 3 rings (SSSR count). The van der Waals surface area contributed by atoms with Gasteiger partial charge in [0.05, 0.1) is 6.26 Å². The van der Waals surface area contributed by atoms with Crippen LogP contribution in [0.3, 0.4) is 0 Å². The summed E-state index contributed by atoms with van der Waals surface area (Å²) in [6, 6.07) is 16.7. The second-order valence-electron chi connectivity index (χ2n) is 4.83. The van der Waals surface area contributed by atoms with Gasteiger partial charge in [-0.25, -0.2) is 0 Å². The third-order valence-corrected chi connectivity index (χ3v) is 3.54. The molecule has 2 aromatic heterocycles. The molecule has 0 aliphatic carbocycles. The first-order chi connectivity index (χ1) is 9.25. The molecule has 0 fully saturated rings. The number of nitrogens with zero attached hydrogens (tertiary/aromatic N) is 1. The Morgan fingerprint density at radius 3 is 2.47 bits per heavy atom. The molecule has 0 aliphatic rings. The van der Waals surface area contributed by atoms with Gasteiger partial charge in [0.15, 0.2) is 0 Å². The molecule has 2 nitrogen and oxygen atoms in total. The fourth-order valence-corrected chi connectivity index (χ4v) is 2.49. The molecule has 2 heteroatoms. The Morgan fingerprint density at radius 2 is 1.79 bits per heavy atom. The Hall–Kier alpha value is -2.22. The lowest BCUT2D eigenvalue weighted by atomic mass is 10.2. The van der Waals surface area contributed by atoms with E-state index in [2.05, 4.69) is 48.7 Å². The van der Waals surface area contributed by atoms with Crippen molar-refractivity contribution in [1.82, 2.24) is 4.57 Å². The lowest BCUT2D eigenvalue weighted by molar-refractivity contribution is 0.581. The molecular weight excluding hydrogens is 234 g/mol. The molecule has 0 radical (unpaired) electrons. The van der Waals surface area contributed by atoms with Crippen LogP contribution in [0.2, 0.25) is 0 Å². The average Bonchev–Trinajstić information content (AvgIpc) is 3.03. The zero-order valence-corrected chi connectivity index (χ0v) is 11.3. The van der Waals surface area contributed by atoms with Crippen LogP contribution in [0.15, 0.2) is 59.2 Å². The molecular formula is C17H17NO. The van der Waals surface area contributed by atoms with Gasteiger partial charge in [-0.15, -0.1) is 0 Å². The molecule has 0 atom stereocenters. The van der Waals surface area contributed by atoms with Gasteiger partial charge in [-0.1, -0.05) is 30.3 Å². The molecule has 0 amide bonds. The summed E-state index contributed by atoms with van der Waals surface area (Å²) >= 11 is 0. The highest BCUT2D eigenvalue weighted by molar-refractivity contribution is 5.62. The van der Waals surface area contributed by atoms with Crippen LogP contribution in [0.5, 0.6) is 0 Å². The summed E-state index contributed by atoms with van der Waals surface area (Å²) in [4.78, 5) is 0. The van der Waals surface area contributed by atoms with Crippen LogP contribution < -0.4 is 0 Å². The van der Waals surface area contributed by atoms with Gasteiger partial charge in [-0.05, 0) is 37.6 Å². The molecule has 1 aromatic carbocycles. The molecule has 0 aliphatic heterocycles. The van der Waals surface area contributed by atoms with E-state index in [0.29, 0.717) is 0 Å². The molecule has 96 valence electrons. The van der Waals surface area contributed by atoms with Gasteiger partial charge >= 0.3 is 0 Å². The molecule has 0 spiro atoms. The highest BCUT2D eigenvalue weighted by Gasteiger charge is 2.12. The Bertz CT molecular complexity index is 663. The van der Waals surface area contributed by atoms with Crippen LogP contribution >= 0.6 is 0 Å². The van der Waals surface area contributed by atoms with Crippen molar-refractivity contribution in [2.24, 2.45) is 0 Å². The van der Waals surface area contributed by atoms with Crippen LogP contribution in [-0.2, 0) is 6.54 Å². The summed E-state index contributed by atoms with van der Waals surface area (Å²) in [6.07, 6.45) is 1.72. The minimum absolute atomic E-state index is 0.902. The molecule has 19 heavy (non-hydrogen) atoms. The molecule has 0 unspecified atom stereocenters. The molecule has 0 saturated carbocycles. The standard InChI is InChI=1S/C17H17NO/c1-13-11-16(17-9-6-10-19-17)14(2)18(13)12-15-7-4-3-5-8-15/h3-11H,12H2,1-2H3. The van der Waals surface area contributed by atoms with Crippen molar-refractivity contribution in [3.05, 3.63) is 71.7 Å². The molecule has 0 N–H and O–H groups in total. The largest absolute Gasteiger partial charge is 0.464 e. The Morgan fingerprint density at radius 1 is 1.00 bits per heavy atom. The normalized spacial score (nSPS) is 10.8. The maximum Gasteiger partial charge on any atom is 0.135 e. The number of aromatic nitrogens is 1. The van der Waals surface area contributed by atoms with Crippen LogP contribution in [-0.4, -0.2) is 4.57 Å². The Labute approximate surface area is 113 Å². The quantitative estimate of drug-likeness (QED) is 0.674. The van der Waals surface area contributed by atoms with E-state index >= 15 is 0 Å². The lowest BCUT2D eigenvalue weighted by Crippen LogP contribution is -2.03. The van der Waals surface area contributed by atoms with E-state index in [4.69, 9.17) is 4.42 Å². The van der Waals surface area contributed by atoms with Crippen molar-refractivity contribution < 1.29 is 4.42 Å². The summed E-state index contributed by atoms with van der Waals surface area (Å²) in [5, 5.41) is 0. The minimum atomic E-state index is 0.902. The molecule has 2 heterocycles. The fraction of sp³-hybridized carbons (Fsp3) is 0.176. The summed E-state index contributed by atoms with van der Waals surface area (Å²) in [5.41, 5.74) is 5.00. The van der Waals surface area contributed by atoms with Crippen molar-refractivity contribution in [2.75, 3.05) is 0 Å². The Kier molecular flexibility index (Phi) is 3.00. The predicted molar refractivity (Wildman–Crippen MR) is 77.2 cm³/mol. The number of furan rings is 1. The maximum atomic E-state index is 5.51. The number of hydrogen-bond acceptors (Lipinski definition) is 1. The fourth-order valence-electron chi connectivity index (χ4n) is 2.49. The lowest BCUT2D eigenvalue weighted by Gasteiger charge is -2.09. The summed E-state index contributed by atoms with van der Waals surface area (Å²) in [7, 11) is 0. The van der Waals surface area contributed by atoms with Gasteiger partial charge in [0.1, 0.15) is 5.76 Å². The number of benzene rings is 1. The predicted octanol–water partition coefficient (Wildman–Crippen LogP) is 4.41. The summed E-state index contributed by atoms with van der Waals surface area (Å²) < 4.78 is 7.83.